The minimum atomic E-state index is 0. The molecule has 3 rings (SSSR count). The molecule has 0 spiro atoms. The van der Waals surface area contributed by atoms with Gasteiger partial charge in [-0.2, -0.15) is 0 Å². The van der Waals surface area contributed by atoms with E-state index in [0.717, 1.165) is 12.8 Å². The summed E-state index contributed by atoms with van der Waals surface area (Å²) in [6, 6.07) is 25.5. The van der Waals surface area contributed by atoms with Crippen molar-refractivity contribution in [3.05, 3.63) is 83.9 Å². The summed E-state index contributed by atoms with van der Waals surface area (Å²) in [5.74, 6) is 0. The molecule has 0 aliphatic carbocycles. The van der Waals surface area contributed by atoms with Crippen LogP contribution in [0.15, 0.2) is 72.8 Å². The second-order valence-corrected chi connectivity index (χ2v) is 5.20. The average molecular weight is 298 g/mol. The number of benzene rings is 3. The van der Waals surface area contributed by atoms with Gasteiger partial charge in [-0.05, 0) is 34.7 Å². The van der Waals surface area contributed by atoms with Crippen molar-refractivity contribution in [2.45, 2.75) is 18.9 Å². The van der Waals surface area contributed by atoms with Crippen LogP contribution in [0.5, 0.6) is 0 Å². The first-order valence-corrected chi connectivity index (χ1v) is 7.12. The molecule has 0 fully saturated rings. The number of rotatable bonds is 4. The van der Waals surface area contributed by atoms with Crippen LogP contribution in [-0.2, 0) is 6.42 Å². The molecule has 2 heteroatoms. The standard InChI is InChI=1S/C19H19N.ClH/c20-19(14-13-15-7-2-1-3-8-15)18-12-6-10-16-9-4-5-11-17(16)18;/h1-12,19H,13-14,20H2;1H/t19-;/m1./s1. The zero-order valence-electron chi connectivity index (χ0n) is 11.9. The van der Waals surface area contributed by atoms with Crippen molar-refractivity contribution in [1.82, 2.24) is 0 Å². The molecule has 108 valence electrons. The predicted molar refractivity (Wildman–Crippen MR) is 92.9 cm³/mol. The lowest BCUT2D eigenvalue weighted by Gasteiger charge is -2.14. The Bertz CT molecular complexity index is 689. The number of aryl methyl sites for hydroxylation is 1. The highest BCUT2D eigenvalue weighted by Gasteiger charge is 2.09. The summed E-state index contributed by atoms with van der Waals surface area (Å²) in [5, 5.41) is 2.54. The SMILES string of the molecule is Cl.N[C@H](CCc1ccccc1)c1cccc2ccccc12. The summed E-state index contributed by atoms with van der Waals surface area (Å²) in [7, 11) is 0. The topological polar surface area (TPSA) is 26.0 Å². The first-order valence-electron chi connectivity index (χ1n) is 7.12. The van der Waals surface area contributed by atoms with Gasteiger partial charge < -0.3 is 5.73 Å². The van der Waals surface area contributed by atoms with Gasteiger partial charge in [0.15, 0.2) is 0 Å². The minimum absolute atomic E-state index is 0. The lowest BCUT2D eigenvalue weighted by atomic mass is 9.95. The average Bonchev–Trinajstić information content (AvgIpc) is 2.53. The van der Waals surface area contributed by atoms with Gasteiger partial charge in [-0.1, -0.05) is 72.8 Å². The van der Waals surface area contributed by atoms with Crippen molar-refractivity contribution < 1.29 is 0 Å². The Kier molecular flexibility index (Phi) is 5.38. The fraction of sp³-hybridized carbons (Fsp3) is 0.158. The third-order valence-electron chi connectivity index (χ3n) is 3.81. The zero-order valence-corrected chi connectivity index (χ0v) is 12.7. The smallest absolute Gasteiger partial charge is 0.0304 e. The highest BCUT2D eigenvalue weighted by atomic mass is 35.5. The number of hydrogen-bond acceptors (Lipinski definition) is 1. The fourth-order valence-electron chi connectivity index (χ4n) is 2.70. The first kappa shape index (κ1) is 15.6. The van der Waals surface area contributed by atoms with Gasteiger partial charge in [0.1, 0.15) is 0 Å². The van der Waals surface area contributed by atoms with E-state index in [1.54, 1.807) is 0 Å². The summed E-state index contributed by atoms with van der Waals surface area (Å²) < 4.78 is 0. The Morgan fingerprint density at radius 1 is 0.762 bits per heavy atom. The molecule has 3 aromatic carbocycles. The Labute approximate surface area is 132 Å². The van der Waals surface area contributed by atoms with Gasteiger partial charge in [0.25, 0.3) is 0 Å². The second-order valence-electron chi connectivity index (χ2n) is 5.20. The molecule has 21 heavy (non-hydrogen) atoms. The van der Waals surface area contributed by atoms with Crippen molar-refractivity contribution in [1.29, 1.82) is 0 Å². The highest BCUT2D eigenvalue weighted by molar-refractivity contribution is 5.86. The molecular formula is C19H20ClN. The van der Waals surface area contributed by atoms with Crippen molar-refractivity contribution >= 4 is 23.2 Å². The van der Waals surface area contributed by atoms with Gasteiger partial charge in [-0.3, -0.25) is 0 Å². The van der Waals surface area contributed by atoms with E-state index in [9.17, 15) is 0 Å². The van der Waals surface area contributed by atoms with Gasteiger partial charge in [-0.15, -0.1) is 12.4 Å². The summed E-state index contributed by atoms with van der Waals surface area (Å²) in [6.45, 7) is 0. The molecule has 3 aromatic rings. The van der Waals surface area contributed by atoms with Crippen LogP contribution in [0.2, 0.25) is 0 Å². The molecule has 0 saturated carbocycles. The lowest BCUT2D eigenvalue weighted by molar-refractivity contribution is 0.656. The quantitative estimate of drug-likeness (QED) is 0.728. The first-order chi connectivity index (χ1) is 9.84. The molecule has 0 aliphatic rings. The van der Waals surface area contributed by atoms with Crippen LogP contribution in [0.25, 0.3) is 10.8 Å². The van der Waals surface area contributed by atoms with Crippen molar-refractivity contribution in [3.8, 4) is 0 Å². The molecule has 1 nitrogen and oxygen atoms in total. The minimum Gasteiger partial charge on any atom is -0.324 e. The molecule has 0 bridgehead atoms. The molecule has 1 atom stereocenters. The van der Waals surface area contributed by atoms with Gasteiger partial charge >= 0.3 is 0 Å². The van der Waals surface area contributed by atoms with Crippen LogP contribution in [0, 0.1) is 0 Å². The molecule has 0 unspecified atom stereocenters. The summed E-state index contributed by atoms with van der Waals surface area (Å²) in [4.78, 5) is 0. The number of hydrogen-bond donors (Lipinski definition) is 1. The molecule has 2 N–H and O–H groups in total. The van der Waals surface area contributed by atoms with Gasteiger partial charge in [0.05, 0.1) is 0 Å². The molecule has 0 amide bonds. The molecule has 0 aliphatic heterocycles. The van der Waals surface area contributed by atoms with E-state index < -0.39 is 0 Å². The van der Waals surface area contributed by atoms with Crippen LogP contribution >= 0.6 is 12.4 Å². The van der Waals surface area contributed by atoms with Crippen LogP contribution in [-0.4, -0.2) is 0 Å². The van der Waals surface area contributed by atoms with Crippen molar-refractivity contribution in [2.75, 3.05) is 0 Å². The van der Waals surface area contributed by atoms with Crippen molar-refractivity contribution in [2.24, 2.45) is 5.73 Å². The highest BCUT2D eigenvalue weighted by Crippen LogP contribution is 2.25. The normalized spacial score (nSPS) is 11.9. The van der Waals surface area contributed by atoms with Crippen LogP contribution in [0.3, 0.4) is 0 Å². The van der Waals surface area contributed by atoms with E-state index in [0.29, 0.717) is 0 Å². The van der Waals surface area contributed by atoms with E-state index in [1.807, 2.05) is 6.07 Å². The Balaban J connectivity index is 0.00000161. The summed E-state index contributed by atoms with van der Waals surface area (Å²) >= 11 is 0. The fourth-order valence-corrected chi connectivity index (χ4v) is 2.70. The number of halogens is 1. The maximum absolute atomic E-state index is 6.41. The zero-order chi connectivity index (χ0) is 13.8. The van der Waals surface area contributed by atoms with Crippen molar-refractivity contribution in [3.63, 3.8) is 0 Å². The second kappa shape index (κ2) is 7.26. The monoisotopic (exact) mass is 297 g/mol. The Morgan fingerprint density at radius 2 is 1.43 bits per heavy atom. The van der Waals surface area contributed by atoms with E-state index in [1.165, 1.54) is 21.9 Å². The largest absolute Gasteiger partial charge is 0.324 e. The molecule has 0 saturated heterocycles. The van der Waals surface area contributed by atoms with Crippen LogP contribution in [0.4, 0.5) is 0 Å². The van der Waals surface area contributed by atoms with Crippen LogP contribution < -0.4 is 5.73 Å². The summed E-state index contributed by atoms with van der Waals surface area (Å²) in [5.41, 5.74) is 9.01. The third kappa shape index (κ3) is 3.63. The van der Waals surface area contributed by atoms with E-state index in [-0.39, 0.29) is 18.4 Å². The van der Waals surface area contributed by atoms with E-state index in [4.69, 9.17) is 5.73 Å². The van der Waals surface area contributed by atoms with Gasteiger partial charge in [0, 0.05) is 6.04 Å². The Hall–Kier alpha value is -1.83. The van der Waals surface area contributed by atoms with E-state index >= 15 is 0 Å². The molecule has 0 aromatic heterocycles. The summed E-state index contributed by atoms with van der Waals surface area (Å²) in [6.07, 6.45) is 1.99. The Morgan fingerprint density at radius 3 is 2.24 bits per heavy atom. The molecular weight excluding hydrogens is 278 g/mol. The molecule has 0 radical (unpaired) electrons. The van der Waals surface area contributed by atoms with E-state index in [2.05, 4.69) is 66.7 Å². The van der Waals surface area contributed by atoms with Gasteiger partial charge in [-0.25, -0.2) is 0 Å². The maximum atomic E-state index is 6.41. The number of fused-ring (bicyclic) bond motifs is 1. The third-order valence-corrected chi connectivity index (χ3v) is 3.81. The molecule has 0 heterocycles. The lowest BCUT2D eigenvalue weighted by Crippen LogP contribution is -2.11. The predicted octanol–water partition coefficient (Wildman–Crippen LogP) is 4.89. The maximum Gasteiger partial charge on any atom is 0.0304 e. The van der Waals surface area contributed by atoms with Crippen LogP contribution in [0.1, 0.15) is 23.6 Å². The van der Waals surface area contributed by atoms with Gasteiger partial charge in [0.2, 0.25) is 0 Å². The number of nitrogens with two attached hydrogens (primary N) is 1.